The third kappa shape index (κ3) is 8.02. The van der Waals surface area contributed by atoms with Crippen LogP contribution in [-0.4, -0.2) is 41.2 Å². The first-order valence-electron chi connectivity index (χ1n) is 22.3. The van der Waals surface area contributed by atoms with Crippen LogP contribution in [-0.2, 0) is 21.8 Å². The average Bonchev–Trinajstić information content (AvgIpc) is 3.38. The molecule has 0 amide bonds. The standard InChI is InChI=1S/C57H46N6O4S/c1-3-35-12-10-17-40(28-35)49-32-60-55(64)47-30-45(36-13-6-4-7-14-36)51(62-53(47)49)38-20-24-42(25-21-38)57(59,34-58)43-26-22-39(23-27-43)52-46(37-15-8-5-9-16-37)31-48-54(63-52)50(33-61-56(48)65)41-18-11-19-44(29-41)68(2,66)67/h4-33H,3,34,58-59H2,1-2H3,(H,60,64)(H,61,65). The zero-order valence-corrected chi connectivity index (χ0v) is 38.1. The topological polar surface area (TPSA) is 178 Å². The molecule has 0 aliphatic carbocycles. The lowest BCUT2D eigenvalue weighted by Gasteiger charge is -2.30. The van der Waals surface area contributed by atoms with Gasteiger partial charge in [0.15, 0.2) is 9.84 Å². The third-order valence-electron chi connectivity index (χ3n) is 12.8. The molecule has 0 aliphatic rings. The van der Waals surface area contributed by atoms with Gasteiger partial charge in [-0.25, -0.2) is 18.4 Å². The quantitative estimate of drug-likeness (QED) is 0.0991. The minimum absolute atomic E-state index is 0.0975. The number of nitrogens with one attached hydrogen (secondary N) is 2. The summed E-state index contributed by atoms with van der Waals surface area (Å²) in [6.07, 6.45) is 5.36. The number of H-pyrrole nitrogens is 2. The summed E-state index contributed by atoms with van der Waals surface area (Å²) in [7, 11) is -3.50. The molecule has 0 spiro atoms. The van der Waals surface area contributed by atoms with E-state index in [1.54, 1.807) is 36.7 Å². The van der Waals surface area contributed by atoms with Crippen molar-refractivity contribution in [3.8, 4) is 67.0 Å². The van der Waals surface area contributed by atoms with Crippen LogP contribution in [0.3, 0.4) is 0 Å². The summed E-state index contributed by atoms with van der Waals surface area (Å²) < 4.78 is 25.1. The highest BCUT2D eigenvalue weighted by atomic mass is 32.2. The van der Waals surface area contributed by atoms with Crippen molar-refractivity contribution in [3.63, 3.8) is 0 Å². The smallest absolute Gasteiger partial charge is 0.257 e. The van der Waals surface area contributed by atoms with Crippen molar-refractivity contribution in [1.82, 2.24) is 19.9 Å². The van der Waals surface area contributed by atoms with E-state index in [9.17, 15) is 18.0 Å². The lowest BCUT2D eigenvalue weighted by Crippen LogP contribution is -2.45. The molecule has 0 saturated carbocycles. The number of rotatable bonds is 11. The molecule has 4 heterocycles. The summed E-state index contributed by atoms with van der Waals surface area (Å²) in [5, 5.41) is 0.865. The molecule has 0 saturated heterocycles. The van der Waals surface area contributed by atoms with Gasteiger partial charge in [0.2, 0.25) is 0 Å². The number of nitrogens with two attached hydrogens (primary N) is 2. The number of fused-ring (bicyclic) bond motifs is 2. The highest BCUT2D eigenvalue weighted by molar-refractivity contribution is 7.90. The van der Waals surface area contributed by atoms with Gasteiger partial charge in [-0.1, -0.05) is 153 Å². The van der Waals surface area contributed by atoms with Gasteiger partial charge >= 0.3 is 0 Å². The van der Waals surface area contributed by atoms with Gasteiger partial charge < -0.3 is 21.4 Å². The summed E-state index contributed by atoms with van der Waals surface area (Å²) in [6, 6.07) is 54.2. The molecule has 6 N–H and O–H groups in total. The summed E-state index contributed by atoms with van der Waals surface area (Å²) in [4.78, 5) is 43.3. The fraction of sp³-hybridized carbons (Fsp3) is 0.0877. The summed E-state index contributed by atoms with van der Waals surface area (Å²) in [5.41, 5.74) is 25.4. The molecule has 0 fully saturated rings. The third-order valence-corrected chi connectivity index (χ3v) is 13.9. The number of benzene rings is 6. The van der Waals surface area contributed by atoms with E-state index in [0.717, 1.165) is 74.0 Å². The molecular formula is C57H46N6O4S. The molecule has 0 radical (unpaired) electrons. The largest absolute Gasteiger partial charge is 0.328 e. The zero-order valence-electron chi connectivity index (χ0n) is 37.3. The predicted octanol–water partition coefficient (Wildman–Crippen LogP) is 10.3. The number of hydrogen-bond acceptors (Lipinski definition) is 8. The van der Waals surface area contributed by atoms with Gasteiger partial charge in [-0.15, -0.1) is 0 Å². The highest BCUT2D eigenvalue weighted by Gasteiger charge is 2.29. The molecule has 10 rings (SSSR count). The Bertz CT molecular complexity index is 3780. The van der Waals surface area contributed by atoms with E-state index >= 15 is 0 Å². The molecule has 0 aliphatic heterocycles. The van der Waals surface area contributed by atoms with Gasteiger partial charge in [0.25, 0.3) is 11.1 Å². The van der Waals surface area contributed by atoms with Gasteiger partial charge in [0.1, 0.15) is 0 Å². The predicted molar refractivity (Wildman–Crippen MR) is 274 cm³/mol. The molecule has 0 bridgehead atoms. The summed E-state index contributed by atoms with van der Waals surface area (Å²) in [5.74, 6) is 0. The van der Waals surface area contributed by atoms with E-state index in [-0.39, 0.29) is 22.6 Å². The van der Waals surface area contributed by atoms with Crippen LogP contribution < -0.4 is 22.6 Å². The molecular weight excluding hydrogens is 865 g/mol. The summed E-state index contributed by atoms with van der Waals surface area (Å²) in [6.45, 7) is 2.21. The Kier molecular flexibility index (Phi) is 11.3. The monoisotopic (exact) mass is 910 g/mol. The second-order valence-corrected chi connectivity index (χ2v) is 19.1. The van der Waals surface area contributed by atoms with Crippen LogP contribution >= 0.6 is 0 Å². The molecule has 10 nitrogen and oxygen atoms in total. The Morgan fingerprint density at radius 3 is 1.40 bits per heavy atom. The second kappa shape index (κ2) is 17.6. The van der Waals surface area contributed by atoms with E-state index in [4.69, 9.17) is 21.4 Å². The van der Waals surface area contributed by atoms with Crippen LogP contribution in [0.2, 0.25) is 0 Å². The normalized spacial score (nSPS) is 12.6. The maximum Gasteiger partial charge on any atom is 0.257 e. The van der Waals surface area contributed by atoms with Gasteiger partial charge in [-0.3, -0.25) is 9.59 Å². The van der Waals surface area contributed by atoms with Crippen LogP contribution in [0.25, 0.3) is 88.8 Å². The van der Waals surface area contributed by atoms with Gasteiger partial charge in [-0.05, 0) is 69.6 Å². The molecule has 11 heteroatoms. The van der Waals surface area contributed by atoms with E-state index in [0.29, 0.717) is 38.6 Å². The van der Waals surface area contributed by atoms with E-state index in [1.165, 1.54) is 5.56 Å². The van der Waals surface area contributed by atoms with E-state index in [2.05, 4.69) is 29.0 Å². The minimum Gasteiger partial charge on any atom is -0.328 e. The van der Waals surface area contributed by atoms with Crippen LogP contribution in [0.15, 0.2) is 197 Å². The van der Waals surface area contributed by atoms with Gasteiger partial charge in [-0.2, -0.15) is 0 Å². The number of hydrogen-bond donors (Lipinski definition) is 4. The van der Waals surface area contributed by atoms with Crippen molar-refractivity contribution < 1.29 is 8.42 Å². The Hall–Kier alpha value is -8.09. The minimum atomic E-state index is -3.50. The summed E-state index contributed by atoms with van der Waals surface area (Å²) >= 11 is 0. The lowest BCUT2D eigenvalue weighted by molar-refractivity contribution is 0.552. The molecule has 334 valence electrons. The fourth-order valence-corrected chi connectivity index (χ4v) is 9.68. The molecule has 1 unspecified atom stereocenters. The maximum absolute atomic E-state index is 13.4. The zero-order chi connectivity index (χ0) is 47.2. The first-order valence-corrected chi connectivity index (χ1v) is 24.2. The van der Waals surface area contributed by atoms with E-state index in [1.807, 2.05) is 133 Å². The van der Waals surface area contributed by atoms with Crippen molar-refractivity contribution in [2.75, 3.05) is 12.8 Å². The average molecular weight is 911 g/mol. The van der Waals surface area contributed by atoms with Crippen LogP contribution in [0.1, 0.15) is 23.6 Å². The van der Waals surface area contributed by atoms with Crippen molar-refractivity contribution in [3.05, 3.63) is 220 Å². The Morgan fingerprint density at radius 2 is 0.956 bits per heavy atom. The number of aryl methyl sites for hydroxylation is 1. The first kappa shape index (κ1) is 43.8. The molecule has 10 aromatic rings. The Morgan fingerprint density at radius 1 is 0.515 bits per heavy atom. The first-order chi connectivity index (χ1) is 32.9. The maximum atomic E-state index is 13.4. The Labute approximate surface area is 393 Å². The van der Waals surface area contributed by atoms with Crippen LogP contribution in [0.5, 0.6) is 0 Å². The van der Waals surface area contributed by atoms with Crippen molar-refractivity contribution in [2.45, 2.75) is 23.8 Å². The number of pyridine rings is 4. The lowest BCUT2D eigenvalue weighted by atomic mass is 9.82. The van der Waals surface area contributed by atoms with Crippen molar-refractivity contribution >= 4 is 31.6 Å². The van der Waals surface area contributed by atoms with Crippen LogP contribution in [0.4, 0.5) is 0 Å². The van der Waals surface area contributed by atoms with Gasteiger partial charge in [0, 0.05) is 58.6 Å². The number of aromatic amines is 2. The molecule has 1 atom stereocenters. The van der Waals surface area contributed by atoms with E-state index < -0.39 is 15.4 Å². The molecule has 68 heavy (non-hydrogen) atoms. The number of sulfone groups is 1. The Balaban J connectivity index is 1.06. The highest BCUT2D eigenvalue weighted by Crippen LogP contribution is 2.39. The molecule has 4 aromatic heterocycles. The van der Waals surface area contributed by atoms with Gasteiger partial charge in [0.05, 0.1) is 43.6 Å². The van der Waals surface area contributed by atoms with Crippen LogP contribution in [0, 0.1) is 0 Å². The second-order valence-electron chi connectivity index (χ2n) is 17.0. The molecule has 6 aromatic carbocycles. The van der Waals surface area contributed by atoms with Crippen molar-refractivity contribution in [2.24, 2.45) is 11.5 Å². The number of nitrogens with zero attached hydrogens (tertiary/aromatic N) is 2. The van der Waals surface area contributed by atoms with Crippen molar-refractivity contribution in [1.29, 1.82) is 0 Å². The fourth-order valence-electron chi connectivity index (χ4n) is 9.01. The SMILES string of the molecule is CCc1cccc(-c2c[nH]c(=O)c3cc(-c4ccccc4)c(-c4ccc(C(N)(CN)c5ccc(-c6nc7c(-c8cccc(S(C)(=O)=O)c8)c[nH]c(=O)c7cc6-c6ccccc6)cc5)cc4)nc23)c1. The number of aromatic nitrogens is 4.